The fourth-order valence-corrected chi connectivity index (χ4v) is 3.21. The number of nitrogens with zero attached hydrogens (tertiary/aromatic N) is 2. The zero-order valence-electron chi connectivity index (χ0n) is 15.1. The second-order valence-electron chi connectivity index (χ2n) is 6.48. The maximum atomic E-state index is 12.8. The number of nitrogens with two attached hydrogens (primary N) is 1. The Kier molecular flexibility index (Phi) is 8.93. The zero-order chi connectivity index (χ0) is 16.9. The number of amides is 1. The number of anilines is 1. The van der Waals surface area contributed by atoms with Gasteiger partial charge in [-0.1, -0.05) is 36.4 Å². The molecule has 0 aromatic heterocycles. The van der Waals surface area contributed by atoms with Crippen molar-refractivity contribution in [3.05, 3.63) is 65.2 Å². The Morgan fingerprint density at radius 1 is 1.00 bits per heavy atom. The van der Waals surface area contributed by atoms with Gasteiger partial charge in [-0.2, -0.15) is 0 Å². The lowest BCUT2D eigenvalue weighted by Crippen LogP contribution is -2.35. The normalized spacial score (nSPS) is 14.7. The van der Waals surface area contributed by atoms with E-state index in [1.807, 2.05) is 30.0 Å². The molecule has 0 unspecified atom stereocenters. The highest BCUT2D eigenvalue weighted by atomic mass is 35.5. The summed E-state index contributed by atoms with van der Waals surface area (Å²) in [6.07, 6.45) is 1.000. The van der Waals surface area contributed by atoms with E-state index in [9.17, 15) is 4.79 Å². The Hall–Kier alpha value is -1.75. The van der Waals surface area contributed by atoms with E-state index in [0.29, 0.717) is 5.69 Å². The zero-order valence-corrected chi connectivity index (χ0v) is 16.7. The quantitative estimate of drug-likeness (QED) is 0.804. The first-order valence-electron chi connectivity index (χ1n) is 8.55. The molecule has 0 atom stereocenters. The maximum Gasteiger partial charge on any atom is 0.254 e. The van der Waals surface area contributed by atoms with Crippen molar-refractivity contribution < 1.29 is 4.79 Å². The third-order valence-corrected chi connectivity index (χ3v) is 4.62. The topological polar surface area (TPSA) is 49.6 Å². The summed E-state index contributed by atoms with van der Waals surface area (Å²) in [6.45, 7) is 6.40. The average molecular weight is 396 g/mol. The second-order valence-corrected chi connectivity index (χ2v) is 6.48. The van der Waals surface area contributed by atoms with Crippen LogP contribution in [0.5, 0.6) is 0 Å². The summed E-state index contributed by atoms with van der Waals surface area (Å²) in [5.74, 6) is 0.0985. The van der Waals surface area contributed by atoms with Crippen LogP contribution in [0, 0.1) is 6.92 Å². The van der Waals surface area contributed by atoms with E-state index < -0.39 is 0 Å². The highest BCUT2D eigenvalue weighted by Crippen LogP contribution is 2.17. The van der Waals surface area contributed by atoms with Crippen LogP contribution in [0.1, 0.15) is 27.9 Å². The molecule has 1 aliphatic rings. The Balaban J connectivity index is 0.00000169. The lowest BCUT2D eigenvalue weighted by Gasteiger charge is -2.23. The van der Waals surface area contributed by atoms with Crippen LogP contribution in [0.3, 0.4) is 0 Å². The molecule has 1 aliphatic heterocycles. The molecule has 1 amide bonds. The Morgan fingerprint density at radius 3 is 2.46 bits per heavy atom. The molecule has 0 aliphatic carbocycles. The molecule has 2 aromatic carbocycles. The van der Waals surface area contributed by atoms with Gasteiger partial charge in [0.15, 0.2) is 0 Å². The van der Waals surface area contributed by atoms with Gasteiger partial charge >= 0.3 is 0 Å². The molecule has 1 saturated heterocycles. The molecule has 0 spiro atoms. The van der Waals surface area contributed by atoms with Gasteiger partial charge in [0.25, 0.3) is 5.91 Å². The number of halogens is 2. The molecule has 2 aromatic rings. The summed E-state index contributed by atoms with van der Waals surface area (Å²) < 4.78 is 0. The van der Waals surface area contributed by atoms with Crippen molar-refractivity contribution in [3.8, 4) is 0 Å². The van der Waals surface area contributed by atoms with Crippen molar-refractivity contribution in [2.24, 2.45) is 0 Å². The van der Waals surface area contributed by atoms with Crippen LogP contribution in [0.15, 0.2) is 48.5 Å². The minimum atomic E-state index is 0. The Labute approximate surface area is 168 Å². The molecule has 0 radical (unpaired) electrons. The summed E-state index contributed by atoms with van der Waals surface area (Å²) in [6, 6.07) is 16.1. The van der Waals surface area contributed by atoms with Crippen LogP contribution in [-0.4, -0.2) is 41.9 Å². The van der Waals surface area contributed by atoms with E-state index in [-0.39, 0.29) is 30.7 Å². The smallest absolute Gasteiger partial charge is 0.254 e. The highest BCUT2D eigenvalue weighted by molar-refractivity contribution is 5.96. The van der Waals surface area contributed by atoms with Crippen molar-refractivity contribution in [1.29, 1.82) is 0 Å². The van der Waals surface area contributed by atoms with Crippen LogP contribution < -0.4 is 5.73 Å². The molecule has 2 N–H and O–H groups in total. The van der Waals surface area contributed by atoms with Gasteiger partial charge < -0.3 is 10.6 Å². The van der Waals surface area contributed by atoms with Gasteiger partial charge in [0.05, 0.1) is 0 Å². The van der Waals surface area contributed by atoms with Gasteiger partial charge in [0, 0.05) is 44.0 Å². The minimum Gasteiger partial charge on any atom is -0.399 e. The van der Waals surface area contributed by atoms with E-state index in [1.54, 1.807) is 6.07 Å². The lowest BCUT2D eigenvalue weighted by molar-refractivity contribution is 0.0760. The summed E-state index contributed by atoms with van der Waals surface area (Å²) in [4.78, 5) is 17.2. The molecular weight excluding hydrogens is 369 g/mol. The van der Waals surface area contributed by atoms with Crippen molar-refractivity contribution in [3.63, 3.8) is 0 Å². The monoisotopic (exact) mass is 395 g/mol. The third kappa shape index (κ3) is 5.63. The van der Waals surface area contributed by atoms with Crippen molar-refractivity contribution >= 4 is 36.4 Å². The molecule has 1 heterocycles. The number of nitrogen functional groups attached to an aromatic ring is 1. The number of aryl methyl sites for hydroxylation is 1. The van der Waals surface area contributed by atoms with Gasteiger partial charge in [-0.15, -0.1) is 24.8 Å². The summed E-state index contributed by atoms with van der Waals surface area (Å²) in [5, 5.41) is 0. The van der Waals surface area contributed by atoms with Gasteiger partial charge in [-0.3, -0.25) is 9.69 Å². The second kappa shape index (κ2) is 10.4. The van der Waals surface area contributed by atoms with E-state index in [0.717, 1.165) is 50.3 Å². The number of hydrogen-bond donors (Lipinski definition) is 1. The van der Waals surface area contributed by atoms with E-state index in [4.69, 9.17) is 5.73 Å². The summed E-state index contributed by atoms with van der Waals surface area (Å²) in [5.41, 5.74) is 9.53. The average Bonchev–Trinajstić information content (AvgIpc) is 2.83. The molecule has 4 nitrogen and oxygen atoms in total. The van der Waals surface area contributed by atoms with Crippen molar-refractivity contribution in [1.82, 2.24) is 9.80 Å². The summed E-state index contributed by atoms with van der Waals surface area (Å²) >= 11 is 0. The first-order valence-corrected chi connectivity index (χ1v) is 8.55. The molecule has 0 saturated carbocycles. The van der Waals surface area contributed by atoms with Crippen LogP contribution in [0.4, 0.5) is 5.69 Å². The molecule has 142 valence electrons. The van der Waals surface area contributed by atoms with Gasteiger partial charge in [0.2, 0.25) is 0 Å². The molecular formula is C20H27Cl2N3O. The number of carbonyl (C=O) groups excluding carboxylic acids is 1. The molecule has 26 heavy (non-hydrogen) atoms. The van der Waals surface area contributed by atoms with Crippen LogP contribution in [0.25, 0.3) is 0 Å². The first-order chi connectivity index (χ1) is 11.6. The Morgan fingerprint density at radius 2 is 1.73 bits per heavy atom. The molecule has 0 bridgehead atoms. The number of rotatable bonds is 3. The predicted octanol–water partition coefficient (Wildman–Crippen LogP) is 3.77. The highest BCUT2D eigenvalue weighted by Gasteiger charge is 2.21. The fraction of sp³-hybridized carbons (Fsp3) is 0.350. The largest absolute Gasteiger partial charge is 0.399 e. The fourth-order valence-electron chi connectivity index (χ4n) is 3.21. The number of carbonyl (C=O) groups is 1. The van der Waals surface area contributed by atoms with Gasteiger partial charge in [-0.25, -0.2) is 0 Å². The minimum absolute atomic E-state index is 0. The number of hydrogen-bond acceptors (Lipinski definition) is 3. The van der Waals surface area contributed by atoms with E-state index in [1.165, 1.54) is 5.56 Å². The van der Waals surface area contributed by atoms with Gasteiger partial charge in [0.1, 0.15) is 0 Å². The predicted molar refractivity (Wildman–Crippen MR) is 112 cm³/mol. The number of benzene rings is 2. The van der Waals surface area contributed by atoms with Crippen LogP contribution in [-0.2, 0) is 6.54 Å². The van der Waals surface area contributed by atoms with Crippen molar-refractivity contribution in [2.75, 3.05) is 31.9 Å². The third-order valence-electron chi connectivity index (χ3n) is 4.62. The molecule has 6 heteroatoms. The lowest BCUT2D eigenvalue weighted by atomic mass is 10.1. The van der Waals surface area contributed by atoms with Gasteiger partial charge in [-0.05, 0) is 36.6 Å². The standard InChI is InChI=1S/C20H25N3O.2ClH/c1-16-8-9-18(21)14-19(16)20(24)23-11-5-10-22(12-13-23)15-17-6-3-2-4-7-17;;/h2-4,6-9,14H,5,10-13,15,21H2,1H3;2*1H. The van der Waals surface area contributed by atoms with E-state index in [2.05, 4.69) is 29.2 Å². The summed E-state index contributed by atoms with van der Waals surface area (Å²) in [7, 11) is 0. The van der Waals surface area contributed by atoms with Crippen LogP contribution in [0.2, 0.25) is 0 Å². The molecule has 3 rings (SSSR count). The molecule has 1 fully saturated rings. The maximum absolute atomic E-state index is 12.8. The van der Waals surface area contributed by atoms with Crippen LogP contribution >= 0.6 is 24.8 Å². The first kappa shape index (κ1) is 22.3. The van der Waals surface area contributed by atoms with Crippen molar-refractivity contribution in [2.45, 2.75) is 19.9 Å². The Bertz CT molecular complexity index is 709. The SMILES string of the molecule is Cc1ccc(N)cc1C(=O)N1CCCN(Cc2ccccc2)CC1.Cl.Cl. The van der Waals surface area contributed by atoms with E-state index >= 15 is 0 Å².